The number of carbonyl (C=O) groups excluding carboxylic acids is 1. The molecule has 3 nitrogen and oxygen atoms in total. The summed E-state index contributed by atoms with van der Waals surface area (Å²) in [6.07, 6.45) is 1.63. The summed E-state index contributed by atoms with van der Waals surface area (Å²) in [5.74, 6) is -0.147. The van der Waals surface area contributed by atoms with Crippen LogP contribution in [0.2, 0.25) is 0 Å². The van der Waals surface area contributed by atoms with Crippen LogP contribution in [0.1, 0.15) is 31.0 Å². The number of rotatable bonds is 2. The van der Waals surface area contributed by atoms with Gasteiger partial charge in [-0.05, 0) is 25.0 Å². The number of hydrogen-bond acceptors (Lipinski definition) is 2. The first kappa shape index (κ1) is 11.9. The molecule has 17 heavy (non-hydrogen) atoms. The van der Waals surface area contributed by atoms with E-state index >= 15 is 0 Å². The molecule has 0 aromatic heterocycles. The number of carbonyl (C=O) groups is 1. The molecule has 0 saturated carbocycles. The summed E-state index contributed by atoms with van der Waals surface area (Å²) < 4.78 is 0. The monoisotopic (exact) mass is 231 g/mol. The summed E-state index contributed by atoms with van der Waals surface area (Å²) in [7, 11) is 0. The van der Waals surface area contributed by atoms with Crippen molar-refractivity contribution in [1.29, 1.82) is 0 Å². The second kappa shape index (κ2) is 4.72. The minimum absolute atomic E-state index is 0.147. The molecule has 1 aromatic carbocycles. The van der Waals surface area contributed by atoms with E-state index < -0.39 is 6.10 Å². The van der Waals surface area contributed by atoms with E-state index in [1.165, 1.54) is 0 Å². The van der Waals surface area contributed by atoms with Crippen LogP contribution in [0.5, 0.6) is 0 Å². The molecule has 1 aliphatic carbocycles. The number of aliphatic hydroxyl groups excluding tert-OH is 1. The standard InChI is InChI=1S/C14H17NO2/c1-9(2)7-13(17)15-14-11-6-4-3-5-10(11)8-12(14)16/h3-7,12,14,16H,8H2,1-2H3,(H,15,17)/t12-,14+/m0/s1. The van der Waals surface area contributed by atoms with Crippen LogP contribution in [-0.4, -0.2) is 17.1 Å². The van der Waals surface area contributed by atoms with Crippen molar-refractivity contribution in [3.63, 3.8) is 0 Å². The van der Waals surface area contributed by atoms with Gasteiger partial charge < -0.3 is 10.4 Å². The predicted octanol–water partition coefficient (Wildman–Crippen LogP) is 1.73. The van der Waals surface area contributed by atoms with Gasteiger partial charge in [0.1, 0.15) is 0 Å². The molecule has 0 aliphatic heterocycles. The van der Waals surface area contributed by atoms with E-state index in [9.17, 15) is 9.90 Å². The van der Waals surface area contributed by atoms with Crippen molar-refractivity contribution < 1.29 is 9.90 Å². The molecule has 0 bridgehead atoms. The maximum Gasteiger partial charge on any atom is 0.244 e. The Morgan fingerprint density at radius 2 is 2.12 bits per heavy atom. The van der Waals surface area contributed by atoms with Crippen molar-refractivity contribution in [2.24, 2.45) is 0 Å². The van der Waals surface area contributed by atoms with E-state index in [-0.39, 0.29) is 11.9 Å². The first-order chi connectivity index (χ1) is 8.08. The van der Waals surface area contributed by atoms with E-state index in [1.54, 1.807) is 6.08 Å². The molecular weight excluding hydrogens is 214 g/mol. The maximum atomic E-state index is 11.7. The van der Waals surface area contributed by atoms with Gasteiger partial charge in [0, 0.05) is 12.5 Å². The van der Waals surface area contributed by atoms with Gasteiger partial charge in [0.15, 0.2) is 0 Å². The highest BCUT2D eigenvalue weighted by atomic mass is 16.3. The predicted molar refractivity (Wildman–Crippen MR) is 66.5 cm³/mol. The molecule has 0 saturated heterocycles. The lowest BCUT2D eigenvalue weighted by Gasteiger charge is -2.16. The van der Waals surface area contributed by atoms with Crippen LogP contribution in [0.4, 0.5) is 0 Å². The first-order valence-electron chi connectivity index (χ1n) is 5.79. The fourth-order valence-electron chi connectivity index (χ4n) is 2.20. The average molecular weight is 231 g/mol. The normalized spacial score (nSPS) is 21.8. The highest BCUT2D eigenvalue weighted by Crippen LogP contribution is 2.31. The molecule has 0 spiro atoms. The Hall–Kier alpha value is -1.61. The summed E-state index contributed by atoms with van der Waals surface area (Å²) in [5.41, 5.74) is 3.08. The molecule has 0 unspecified atom stereocenters. The highest BCUT2D eigenvalue weighted by molar-refractivity contribution is 5.88. The Morgan fingerprint density at radius 3 is 2.82 bits per heavy atom. The zero-order valence-electron chi connectivity index (χ0n) is 10.1. The van der Waals surface area contributed by atoms with Gasteiger partial charge in [0.05, 0.1) is 12.1 Å². The van der Waals surface area contributed by atoms with E-state index in [4.69, 9.17) is 0 Å². The van der Waals surface area contributed by atoms with Crippen LogP contribution < -0.4 is 5.32 Å². The zero-order valence-corrected chi connectivity index (χ0v) is 10.1. The number of allylic oxidation sites excluding steroid dienone is 1. The molecule has 2 atom stereocenters. The largest absolute Gasteiger partial charge is 0.390 e. The van der Waals surface area contributed by atoms with E-state index in [0.717, 1.165) is 16.7 Å². The minimum Gasteiger partial charge on any atom is -0.390 e. The van der Waals surface area contributed by atoms with Crippen LogP contribution in [0.15, 0.2) is 35.9 Å². The third-order valence-electron chi connectivity index (χ3n) is 2.92. The van der Waals surface area contributed by atoms with Gasteiger partial charge in [-0.25, -0.2) is 0 Å². The smallest absolute Gasteiger partial charge is 0.244 e. The third kappa shape index (κ3) is 2.56. The molecule has 3 heteroatoms. The molecule has 0 radical (unpaired) electrons. The molecule has 1 aromatic rings. The Bertz CT molecular complexity index is 461. The maximum absolute atomic E-state index is 11.7. The zero-order chi connectivity index (χ0) is 12.4. The van der Waals surface area contributed by atoms with Gasteiger partial charge >= 0.3 is 0 Å². The topological polar surface area (TPSA) is 49.3 Å². The van der Waals surface area contributed by atoms with Crippen LogP contribution in [-0.2, 0) is 11.2 Å². The van der Waals surface area contributed by atoms with Crippen molar-refractivity contribution >= 4 is 5.91 Å². The third-order valence-corrected chi connectivity index (χ3v) is 2.92. The lowest BCUT2D eigenvalue weighted by atomic mass is 10.1. The lowest BCUT2D eigenvalue weighted by Crippen LogP contribution is -2.32. The number of fused-ring (bicyclic) bond motifs is 1. The summed E-state index contributed by atoms with van der Waals surface area (Å²) in [6, 6.07) is 7.54. The Balaban J connectivity index is 2.17. The Labute approximate surface area is 101 Å². The van der Waals surface area contributed by atoms with Crippen molar-refractivity contribution in [2.45, 2.75) is 32.4 Å². The lowest BCUT2D eigenvalue weighted by molar-refractivity contribution is -0.118. The van der Waals surface area contributed by atoms with Crippen LogP contribution in [0.3, 0.4) is 0 Å². The average Bonchev–Trinajstić information content (AvgIpc) is 2.55. The number of benzene rings is 1. The fraction of sp³-hybridized carbons (Fsp3) is 0.357. The second-order valence-corrected chi connectivity index (χ2v) is 4.68. The van der Waals surface area contributed by atoms with Gasteiger partial charge in [0.2, 0.25) is 5.91 Å². The molecule has 2 rings (SSSR count). The van der Waals surface area contributed by atoms with Crippen molar-refractivity contribution in [2.75, 3.05) is 0 Å². The van der Waals surface area contributed by atoms with Crippen LogP contribution >= 0.6 is 0 Å². The fourth-order valence-corrected chi connectivity index (χ4v) is 2.20. The molecule has 0 heterocycles. The number of amides is 1. The van der Waals surface area contributed by atoms with E-state index in [0.29, 0.717) is 6.42 Å². The van der Waals surface area contributed by atoms with Gasteiger partial charge in [0.25, 0.3) is 0 Å². The van der Waals surface area contributed by atoms with Gasteiger partial charge in [-0.15, -0.1) is 0 Å². The van der Waals surface area contributed by atoms with Crippen molar-refractivity contribution in [3.05, 3.63) is 47.0 Å². The molecule has 0 fully saturated rings. The van der Waals surface area contributed by atoms with Crippen molar-refractivity contribution in [3.8, 4) is 0 Å². The van der Waals surface area contributed by atoms with E-state index in [2.05, 4.69) is 5.32 Å². The Kier molecular flexibility index (Phi) is 3.29. The summed E-state index contributed by atoms with van der Waals surface area (Å²) in [5, 5.41) is 12.8. The van der Waals surface area contributed by atoms with Crippen LogP contribution in [0, 0.1) is 0 Å². The number of hydrogen-bond donors (Lipinski definition) is 2. The van der Waals surface area contributed by atoms with Crippen molar-refractivity contribution in [1.82, 2.24) is 5.32 Å². The van der Waals surface area contributed by atoms with Gasteiger partial charge in [-0.3, -0.25) is 4.79 Å². The van der Waals surface area contributed by atoms with Gasteiger partial charge in [-0.1, -0.05) is 29.8 Å². The summed E-state index contributed by atoms with van der Waals surface area (Å²) in [4.78, 5) is 11.7. The first-order valence-corrected chi connectivity index (χ1v) is 5.79. The molecule has 90 valence electrons. The van der Waals surface area contributed by atoms with E-state index in [1.807, 2.05) is 38.1 Å². The second-order valence-electron chi connectivity index (χ2n) is 4.68. The number of nitrogens with one attached hydrogen (secondary N) is 1. The number of aliphatic hydroxyl groups is 1. The SMILES string of the molecule is CC(C)=CC(=O)N[C@@H]1c2ccccc2C[C@@H]1O. The quantitative estimate of drug-likeness (QED) is 0.761. The molecule has 1 aliphatic rings. The summed E-state index contributed by atoms with van der Waals surface area (Å²) >= 11 is 0. The minimum atomic E-state index is -0.526. The molecule has 2 N–H and O–H groups in total. The summed E-state index contributed by atoms with van der Waals surface area (Å²) in [6.45, 7) is 3.75. The van der Waals surface area contributed by atoms with Gasteiger partial charge in [-0.2, -0.15) is 0 Å². The molecule has 1 amide bonds. The molecular formula is C14H17NO2. The Morgan fingerprint density at radius 1 is 1.41 bits per heavy atom. The highest BCUT2D eigenvalue weighted by Gasteiger charge is 2.31. The van der Waals surface area contributed by atoms with Crippen LogP contribution in [0.25, 0.3) is 0 Å².